The van der Waals surface area contributed by atoms with Gasteiger partial charge in [-0.3, -0.25) is 15.0 Å². The number of anilines is 1. The second-order valence-electron chi connectivity index (χ2n) is 5.41. The minimum atomic E-state index is -0.461. The molecule has 0 saturated heterocycles. The molecule has 0 aliphatic rings. The van der Waals surface area contributed by atoms with Gasteiger partial charge in [-0.05, 0) is 32.1 Å². The average molecular weight is 390 g/mol. The fourth-order valence-electron chi connectivity index (χ4n) is 2.33. The van der Waals surface area contributed by atoms with Gasteiger partial charge in [0.05, 0.1) is 0 Å². The van der Waals surface area contributed by atoms with Gasteiger partial charge in [0.25, 0.3) is 5.91 Å². The maximum Gasteiger partial charge on any atom is 0.320 e. The molecule has 1 atom stereocenters. The van der Waals surface area contributed by atoms with Crippen LogP contribution in [0.5, 0.6) is 0 Å². The third kappa shape index (κ3) is 7.46. The summed E-state index contributed by atoms with van der Waals surface area (Å²) in [6.07, 6.45) is 0. The zero-order chi connectivity index (χ0) is 18.8. The van der Waals surface area contributed by atoms with E-state index >= 15 is 0 Å². The van der Waals surface area contributed by atoms with Crippen LogP contribution in [0.1, 0.15) is 31.1 Å². The first-order valence-corrected chi connectivity index (χ1v) is 9.13. The van der Waals surface area contributed by atoms with Crippen molar-refractivity contribution in [3.8, 4) is 0 Å². The minimum absolute atomic E-state index is 0.122. The molecule has 1 aromatic rings. The number of hydrogen-bond acceptors (Lipinski definition) is 4. The molecule has 140 valence electrons. The highest BCUT2D eigenvalue weighted by Crippen LogP contribution is 2.14. The molecule has 0 bridgehead atoms. The quantitative estimate of drug-likeness (QED) is 0.447. The number of likely N-dealkylation sites (N-methyl/N-ethyl adjacent to an activating group) is 1. The van der Waals surface area contributed by atoms with Gasteiger partial charge in [-0.25, -0.2) is 9.78 Å². The SMILES string of the molecule is CCN(CC)[C@@H](C)CNC(=O)c1cc(Cl)nc(NC(=O)NCCCl)c1. The first-order chi connectivity index (χ1) is 11.9. The van der Waals surface area contributed by atoms with Gasteiger partial charge in [0.15, 0.2) is 0 Å². The largest absolute Gasteiger partial charge is 0.350 e. The van der Waals surface area contributed by atoms with Crippen LogP contribution in [0.3, 0.4) is 0 Å². The summed E-state index contributed by atoms with van der Waals surface area (Å²) < 4.78 is 0. The molecule has 0 saturated carbocycles. The van der Waals surface area contributed by atoms with Gasteiger partial charge in [-0.15, -0.1) is 11.6 Å². The van der Waals surface area contributed by atoms with Crippen LogP contribution in [0, 0.1) is 0 Å². The van der Waals surface area contributed by atoms with Crippen LogP contribution in [0.2, 0.25) is 5.15 Å². The number of halogens is 2. The van der Waals surface area contributed by atoms with Gasteiger partial charge < -0.3 is 10.6 Å². The van der Waals surface area contributed by atoms with Crippen molar-refractivity contribution in [2.45, 2.75) is 26.8 Å². The Labute approximate surface area is 158 Å². The van der Waals surface area contributed by atoms with Crippen molar-refractivity contribution >= 4 is 41.0 Å². The maximum absolute atomic E-state index is 12.3. The van der Waals surface area contributed by atoms with E-state index in [1.165, 1.54) is 12.1 Å². The predicted molar refractivity (Wildman–Crippen MR) is 102 cm³/mol. The highest BCUT2D eigenvalue weighted by molar-refractivity contribution is 6.30. The van der Waals surface area contributed by atoms with E-state index in [4.69, 9.17) is 23.2 Å². The Hall–Kier alpha value is -1.57. The molecule has 9 heteroatoms. The van der Waals surface area contributed by atoms with Crippen molar-refractivity contribution in [2.24, 2.45) is 0 Å². The van der Waals surface area contributed by atoms with Gasteiger partial charge in [0.1, 0.15) is 11.0 Å². The molecule has 0 fully saturated rings. The first-order valence-electron chi connectivity index (χ1n) is 8.21. The fraction of sp³-hybridized carbons (Fsp3) is 0.562. The molecule has 1 heterocycles. The molecular formula is C16H25Cl2N5O2. The number of carbonyl (C=O) groups excluding carboxylic acids is 2. The molecule has 0 unspecified atom stereocenters. The van der Waals surface area contributed by atoms with Crippen LogP contribution in [-0.2, 0) is 0 Å². The molecule has 3 amide bonds. The lowest BCUT2D eigenvalue weighted by Gasteiger charge is -2.26. The zero-order valence-corrected chi connectivity index (χ0v) is 16.2. The summed E-state index contributed by atoms with van der Waals surface area (Å²) in [7, 11) is 0. The van der Waals surface area contributed by atoms with E-state index in [0.717, 1.165) is 13.1 Å². The highest BCUT2D eigenvalue weighted by atomic mass is 35.5. The Morgan fingerprint density at radius 2 is 1.92 bits per heavy atom. The summed E-state index contributed by atoms with van der Waals surface area (Å²) in [6.45, 7) is 8.89. The fourth-order valence-corrected chi connectivity index (χ4v) is 2.63. The van der Waals surface area contributed by atoms with Crippen molar-refractivity contribution in [1.82, 2.24) is 20.5 Å². The Morgan fingerprint density at radius 1 is 1.24 bits per heavy atom. The Morgan fingerprint density at radius 3 is 2.52 bits per heavy atom. The lowest BCUT2D eigenvalue weighted by molar-refractivity contribution is 0.0938. The van der Waals surface area contributed by atoms with Gasteiger partial charge in [-0.1, -0.05) is 25.4 Å². The lowest BCUT2D eigenvalue weighted by Crippen LogP contribution is -2.42. The summed E-state index contributed by atoms with van der Waals surface area (Å²) in [6, 6.07) is 2.69. The normalized spacial score (nSPS) is 11.9. The topological polar surface area (TPSA) is 86.4 Å². The molecule has 0 aromatic carbocycles. The predicted octanol–water partition coefficient (Wildman–Crippen LogP) is 2.56. The standard InChI is InChI=1S/C16H25Cl2N5O2/c1-4-23(5-2)11(3)10-20-15(24)12-8-13(18)21-14(9-12)22-16(25)19-7-6-17/h8-9,11H,4-7,10H2,1-3H3,(H,20,24)(H2,19,21,22,25)/t11-/m0/s1. The maximum atomic E-state index is 12.3. The summed E-state index contributed by atoms with van der Waals surface area (Å²) in [4.78, 5) is 30.2. The van der Waals surface area contributed by atoms with E-state index in [1.807, 2.05) is 0 Å². The Kier molecular flexibility index (Phi) is 9.55. The van der Waals surface area contributed by atoms with E-state index in [-0.39, 0.29) is 22.9 Å². The number of nitrogens with zero attached hydrogens (tertiary/aromatic N) is 2. The van der Waals surface area contributed by atoms with E-state index in [0.29, 0.717) is 24.5 Å². The van der Waals surface area contributed by atoms with Crippen molar-refractivity contribution in [3.05, 3.63) is 22.8 Å². The molecule has 3 N–H and O–H groups in total. The Balaban J connectivity index is 2.71. The van der Waals surface area contributed by atoms with E-state index in [1.54, 1.807) is 0 Å². The molecule has 0 aliphatic heterocycles. The number of nitrogens with one attached hydrogen (secondary N) is 3. The van der Waals surface area contributed by atoms with E-state index in [2.05, 4.69) is 46.6 Å². The van der Waals surface area contributed by atoms with Gasteiger partial charge in [0.2, 0.25) is 0 Å². The Bertz CT molecular complexity index is 582. The van der Waals surface area contributed by atoms with E-state index < -0.39 is 6.03 Å². The molecule has 0 spiro atoms. The molecule has 1 aromatic heterocycles. The molecule has 1 rings (SSSR count). The number of urea groups is 1. The zero-order valence-electron chi connectivity index (χ0n) is 14.7. The number of pyridine rings is 1. The minimum Gasteiger partial charge on any atom is -0.350 e. The van der Waals surface area contributed by atoms with Crippen molar-refractivity contribution in [2.75, 3.05) is 37.4 Å². The third-order valence-electron chi connectivity index (χ3n) is 3.67. The first kappa shape index (κ1) is 21.5. The second-order valence-corrected chi connectivity index (χ2v) is 6.18. The molecule has 7 nitrogen and oxygen atoms in total. The average Bonchev–Trinajstić information content (AvgIpc) is 2.58. The number of amides is 3. The van der Waals surface area contributed by atoms with Crippen LogP contribution < -0.4 is 16.0 Å². The van der Waals surface area contributed by atoms with Crippen molar-refractivity contribution < 1.29 is 9.59 Å². The number of rotatable bonds is 9. The van der Waals surface area contributed by atoms with Crippen LogP contribution in [0.4, 0.5) is 10.6 Å². The van der Waals surface area contributed by atoms with Crippen LogP contribution in [0.25, 0.3) is 0 Å². The summed E-state index contributed by atoms with van der Waals surface area (Å²) in [5.41, 5.74) is 0.333. The highest BCUT2D eigenvalue weighted by Gasteiger charge is 2.14. The molecule has 25 heavy (non-hydrogen) atoms. The van der Waals surface area contributed by atoms with Crippen LogP contribution in [-0.4, -0.2) is 59.9 Å². The van der Waals surface area contributed by atoms with Crippen molar-refractivity contribution in [1.29, 1.82) is 0 Å². The number of alkyl halides is 1. The molecule has 0 aliphatic carbocycles. The molecule has 0 radical (unpaired) electrons. The van der Waals surface area contributed by atoms with Gasteiger partial charge >= 0.3 is 6.03 Å². The number of carbonyl (C=O) groups is 2. The van der Waals surface area contributed by atoms with E-state index in [9.17, 15) is 9.59 Å². The van der Waals surface area contributed by atoms with Crippen LogP contribution >= 0.6 is 23.2 Å². The van der Waals surface area contributed by atoms with Gasteiger partial charge in [0, 0.05) is 30.6 Å². The van der Waals surface area contributed by atoms with Crippen molar-refractivity contribution in [3.63, 3.8) is 0 Å². The summed E-state index contributed by atoms with van der Waals surface area (Å²) in [5, 5.41) is 8.06. The third-order valence-corrected chi connectivity index (χ3v) is 4.05. The lowest BCUT2D eigenvalue weighted by atomic mass is 10.2. The molecular weight excluding hydrogens is 365 g/mol. The van der Waals surface area contributed by atoms with Gasteiger partial charge in [-0.2, -0.15) is 0 Å². The summed E-state index contributed by atoms with van der Waals surface area (Å²) in [5.74, 6) is 0.225. The monoisotopic (exact) mass is 389 g/mol. The second kappa shape index (κ2) is 11.1. The van der Waals surface area contributed by atoms with Crippen LogP contribution in [0.15, 0.2) is 12.1 Å². The number of hydrogen-bond donors (Lipinski definition) is 3. The number of aromatic nitrogens is 1. The summed E-state index contributed by atoms with van der Waals surface area (Å²) >= 11 is 11.5. The smallest absolute Gasteiger partial charge is 0.320 e.